The van der Waals surface area contributed by atoms with E-state index in [0.29, 0.717) is 16.7 Å². The third-order valence-corrected chi connectivity index (χ3v) is 5.89. The maximum atomic E-state index is 9.87. The molecule has 3 aromatic carbocycles. The van der Waals surface area contributed by atoms with Crippen molar-refractivity contribution in [1.82, 2.24) is 0 Å². The van der Waals surface area contributed by atoms with Crippen molar-refractivity contribution in [2.24, 2.45) is 0 Å². The molecule has 3 aromatic rings. The van der Waals surface area contributed by atoms with Gasteiger partial charge in [-0.2, -0.15) is 15.8 Å². The van der Waals surface area contributed by atoms with Crippen molar-refractivity contribution in [2.75, 3.05) is 0 Å². The van der Waals surface area contributed by atoms with Crippen LogP contribution < -0.4 is 0 Å². The second kappa shape index (κ2) is 8.55. The maximum Gasteiger partial charge on any atom is 0.166 e. The molecule has 0 fully saturated rings. The minimum Gasteiger partial charge on any atom is -0.192 e. The van der Waals surface area contributed by atoms with Crippen LogP contribution in [-0.4, -0.2) is 0 Å². The summed E-state index contributed by atoms with van der Waals surface area (Å²) in [4.78, 5) is 3.23. The minimum absolute atomic E-state index is 0.374. The first-order chi connectivity index (χ1) is 14.7. The first kappa shape index (κ1) is 24.8. The van der Waals surface area contributed by atoms with Gasteiger partial charge in [0, 0.05) is 0 Å². The third-order valence-electron chi connectivity index (χ3n) is 3.66. The predicted molar refractivity (Wildman–Crippen MR) is 109 cm³/mol. The van der Waals surface area contributed by atoms with E-state index in [1.54, 1.807) is 0 Å². The van der Waals surface area contributed by atoms with Gasteiger partial charge in [0.15, 0.2) is 14.7 Å². The fourth-order valence-electron chi connectivity index (χ4n) is 2.40. The van der Waals surface area contributed by atoms with Crippen LogP contribution in [0.5, 0.6) is 0 Å². The van der Waals surface area contributed by atoms with Gasteiger partial charge in [-0.1, -0.05) is 0 Å². The summed E-state index contributed by atoms with van der Waals surface area (Å²) in [5, 5.41) is 27.0. The molecular weight excluding hydrogens is 471 g/mol. The van der Waals surface area contributed by atoms with Crippen LogP contribution in [0.15, 0.2) is 87.5 Å². The number of nitriles is 3. The molecule has 0 aliphatic carbocycles. The van der Waals surface area contributed by atoms with E-state index in [4.69, 9.17) is 15.8 Å². The molecule has 11 heteroatoms. The number of benzene rings is 3. The Balaban J connectivity index is 0.000000451. The molecule has 0 saturated heterocycles. The van der Waals surface area contributed by atoms with Crippen molar-refractivity contribution in [3.05, 3.63) is 89.5 Å². The molecule has 32 heavy (non-hydrogen) atoms. The quantitative estimate of drug-likeness (QED) is 0.217. The summed E-state index contributed by atoms with van der Waals surface area (Å²) in [6.07, 6.45) is 0. The fourth-order valence-corrected chi connectivity index (χ4v) is 4.45. The van der Waals surface area contributed by atoms with Gasteiger partial charge in [0.05, 0.1) is 45.8 Å². The molecule has 0 atom stereocenters. The zero-order valence-corrected chi connectivity index (χ0v) is 17.6. The van der Waals surface area contributed by atoms with Crippen LogP contribution in [0.3, 0.4) is 0 Å². The summed E-state index contributed by atoms with van der Waals surface area (Å²) in [5.74, 6) is 0. The molecule has 0 N–H and O–H groups in total. The van der Waals surface area contributed by atoms with Crippen LogP contribution in [0.25, 0.3) is 0 Å². The summed E-state index contributed by atoms with van der Waals surface area (Å²) >= 11 is 0. The number of halogens is 6. The molecular formula is C21H12F6N3PS. The number of hydrogen-bond donors (Lipinski definition) is 0. The average Bonchev–Trinajstić information content (AvgIpc) is 2.73. The first-order valence-corrected chi connectivity index (χ1v) is 11.8. The minimum atomic E-state index is -10.7. The molecule has 0 radical (unpaired) electrons. The van der Waals surface area contributed by atoms with Gasteiger partial charge >= 0.3 is 33.0 Å². The van der Waals surface area contributed by atoms with Crippen LogP contribution in [0.4, 0.5) is 25.2 Å². The van der Waals surface area contributed by atoms with Crippen molar-refractivity contribution < 1.29 is 25.2 Å². The third kappa shape index (κ3) is 8.70. The van der Waals surface area contributed by atoms with Crippen LogP contribution in [0.1, 0.15) is 16.7 Å². The zero-order chi connectivity index (χ0) is 24.1. The van der Waals surface area contributed by atoms with Crippen molar-refractivity contribution in [2.45, 2.75) is 14.7 Å². The van der Waals surface area contributed by atoms with E-state index in [2.05, 4.69) is 18.2 Å². The molecule has 0 heterocycles. The van der Waals surface area contributed by atoms with Crippen molar-refractivity contribution >= 4 is 18.7 Å². The Labute approximate surface area is 182 Å². The maximum absolute atomic E-state index is 10.7. The summed E-state index contributed by atoms with van der Waals surface area (Å²) in [7, 11) is -11.0. The Bertz CT molecular complexity index is 1070. The van der Waals surface area contributed by atoms with E-state index in [1.807, 2.05) is 72.8 Å². The molecule has 0 aliphatic heterocycles. The number of rotatable bonds is 3. The summed E-state index contributed by atoms with van der Waals surface area (Å²) in [6.45, 7) is 0. The summed E-state index contributed by atoms with van der Waals surface area (Å²) in [5.41, 5.74) is 1.85. The molecule has 0 aromatic heterocycles. The van der Waals surface area contributed by atoms with Gasteiger partial charge in [0.2, 0.25) is 0 Å². The second-order valence-corrected chi connectivity index (χ2v) is 10.1. The van der Waals surface area contributed by atoms with E-state index in [0.717, 1.165) is 14.7 Å². The van der Waals surface area contributed by atoms with Gasteiger partial charge in [-0.25, -0.2) is 0 Å². The number of hydrogen-bond acceptors (Lipinski definition) is 3. The molecule has 3 nitrogen and oxygen atoms in total. The molecule has 0 bridgehead atoms. The molecule has 3 rings (SSSR count). The Morgan fingerprint density at radius 3 is 0.812 bits per heavy atom. The Kier molecular flexibility index (Phi) is 6.62. The summed E-state index contributed by atoms with van der Waals surface area (Å²) < 4.78 is 59.2. The van der Waals surface area contributed by atoms with Crippen molar-refractivity contribution in [1.29, 1.82) is 15.8 Å². The normalized spacial score (nSPS) is 12.8. The smallest absolute Gasteiger partial charge is 0.166 e. The Morgan fingerprint density at radius 2 is 0.656 bits per heavy atom. The van der Waals surface area contributed by atoms with Crippen LogP contribution in [-0.2, 0) is 10.9 Å². The second-order valence-electron chi connectivity index (χ2n) is 6.17. The van der Waals surface area contributed by atoms with Gasteiger partial charge in [-0.05, 0) is 72.8 Å². The number of nitrogens with zero attached hydrogens (tertiary/aromatic N) is 3. The van der Waals surface area contributed by atoms with Crippen molar-refractivity contribution in [3.63, 3.8) is 0 Å². The zero-order valence-electron chi connectivity index (χ0n) is 15.9. The van der Waals surface area contributed by atoms with Gasteiger partial charge in [0.25, 0.3) is 0 Å². The average molecular weight is 483 g/mol. The van der Waals surface area contributed by atoms with E-state index in [-0.39, 0.29) is 10.9 Å². The van der Waals surface area contributed by atoms with E-state index < -0.39 is 7.81 Å². The summed E-state index contributed by atoms with van der Waals surface area (Å²) in [6, 6.07) is 29.0. The molecule has 0 saturated carbocycles. The van der Waals surface area contributed by atoms with Gasteiger partial charge in [0.1, 0.15) is 0 Å². The molecule has 0 amide bonds. The van der Waals surface area contributed by atoms with Gasteiger partial charge in [-0.3, -0.25) is 0 Å². The Hall–Kier alpha value is -3.51. The first-order valence-electron chi connectivity index (χ1n) is 8.51. The van der Waals surface area contributed by atoms with E-state index in [9.17, 15) is 25.2 Å². The van der Waals surface area contributed by atoms with Crippen LogP contribution in [0, 0.1) is 34.0 Å². The largest absolute Gasteiger partial charge is 0.192 e. The fraction of sp³-hybridized carbons (Fsp3) is 0. The van der Waals surface area contributed by atoms with Crippen LogP contribution >= 0.6 is 7.81 Å². The molecule has 0 aliphatic rings. The molecule has 164 valence electrons. The molecule has 0 spiro atoms. The Morgan fingerprint density at radius 1 is 0.469 bits per heavy atom. The predicted octanol–water partition coefficient (Wildman–Crippen LogP) is 7.78. The topological polar surface area (TPSA) is 71.4 Å². The van der Waals surface area contributed by atoms with Gasteiger partial charge < -0.3 is 0 Å². The van der Waals surface area contributed by atoms with Crippen molar-refractivity contribution in [3.8, 4) is 18.2 Å². The molecule has 0 unspecified atom stereocenters. The van der Waals surface area contributed by atoms with Gasteiger partial charge in [-0.15, -0.1) is 0 Å². The van der Waals surface area contributed by atoms with Crippen LogP contribution in [0.2, 0.25) is 0 Å². The standard InChI is InChI=1S/C21H12N3S.F6P/c22-13-16-1-7-19(8-2-16)25(20-9-3-17(14-23)4-10-20)21-11-5-18(15-24)6-12-21;1-7(2,3,4,5)6/h1-12H;/q+1;-1. The van der Waals surface area contributed by atoms with E-state index in [1.165, 1.54) is 0 Å². The SMILES string of the molecule is F[P-](F)(F)(F)(F)F.N#Cc1ccc([S+](c2ccc(C#N)cc2)c2ccc(C#N)cc2)cc1. The van der Waals surface area contributed by atoms with E-state index >= 15 is 0 Å². The monoisotopic (exact) mass is 483 g/mol.